The minimum Gasteiger partial charge on any atom is -0.326 e. The lowest BCUT2D eigenvalue weighted by atomic mass is 10.2. The maximum Gasteiger partial charge on any atom is 0.275 e. The zero-order valence-corrected chi connectivity index (χ0v) is 15.9. The van der Waals surface area contributed by atoms with Crippen LogP contribution in [-0.2, 0) is 4.79 Å². The Labute approximate surface area is 164 Å². The first-order valence-electron chi connectivity index (χ1n) is 7.52. The fourth-order valence-corrected chi connectivity index (χ4v) is 3.31. The van der Waals surface area contributed by atoms with Crippen molar-refractivity contribution >= 4 is 57.7 Å². The number of benzene rings is 2. The lowest BCUT2D eigenvalue weighted by Crippen LogP contribution is -2.13. The van der Waals surface area contributed by atoms with Crippen LogP contribution in [-0.4, -0.2) is 16.8 Å². The maximum atomic E-state index is 12.4. The summed E-state index contributed by atoms with van der Waals surface area (Å²) in [5.74, 6) is -0.521. The first kappa shape index (κ1) is 18.4. The van der Waals surface area contributed by atoms with E-state index in [1.807, 2.05) is 0 Å². The van der Waals surface area contributed by atoms with Crippen LogP contribution >= 0.6 is 34.5 Å². The van der Waals surface area contributed by atoms with E-state index in [-0.39, 0.29) is 11.8 Å². The fraction of sp³-hybridized carbons (Fsp3) is 0.0556. The summed E-state index contributed by atoms with van der Waals surface area (Å²) in [4.78, 5) is 27.9. The number of anilines is 2. The smallest absolute Gasteiger partial charge is 0.275 e. The highest BCUT2D eigenvalue weighted by Gasteiger charge is 2.13. The summed E-state index contributed by atoms with van der Waals surface area (Å²) in [6.45, 7) is 1.42. The normalized spacial score (nSPS) is 10.4. The van der Waals surface area contributed by atoms with Crippen LogP contribution < -0.4 is 10.6 Å². The average Bonchev–Trinajstić information content (AvgIpc) is 3.07. The minimum atomic E-state index is -0.340. The summed E-state index contributed by atoms with van der Waals surface area (Å²) in [7, 11) is 0. The summed E-state index contributed by atoms with van der Waals surface area (Å²) in [5.41, 5.74) is 2.24. The quantitative estimate of drug-likeness (QED) is 0.616. The minimum absolute atomic E-state index is 0.181. The summed E-state index contributed by atoms with van der Waals surface area (Å²) >= 11 is 13.3. The molecule has 0 bridgehead atoms. The third kappa shape index (κ3) is 4.40. The average molecular weight is 406 g/mol. The van der Waals surface area contributed by atoms with Crippen molar-refractivity contribution in [2.24, 2.45) is 0 Å². The van der Waals surface area contributed by atoms with Gasteiger partial charge in [0.15, 0.2) is 0 Å². The molecule has 2 aromatic carbocycles. The van der Waals surface area contributed by atoms with Crippen molar-refractivity contribution in [3.05, 3.63) is 63.6 Å². The Morgan fingerprint density at radius 2 is 1.73 bits per heavy atom. The highest BCUT2D eigenvalue weighted by Crippen LogP contribution is 2.30. The van der Waals surface area contributed by atoms with E-state index >= 15 is 0 Å². The molecule has 3 aromatic rings. The SMILES string of the molecule is CC(=O)Nc1cccc(NC(=O)c2csc(-c3ccc(Cl)c(Cl)c3)n2)c1. The van der Waals surface area contributed by atoms with Crippen LogP contribution in [0.5, 0.6) is 0 Å². The van der Waals surface area contributed by atoms with E-state index in [1.54, 1.807) is 47.8 Å². The van der Waals surface area contributed by atoms with Crippen molar-refractivity contribution in [3.63, 3.8) is 0 Å². The number of rotatable bonds is 4. The number of carbonyl (C=O) groups excluding carboxylic acids is 2. The van der Waals surface area contributed by atoms with Crippen LogP contribution in [0.15, 0.2) is 47.8 Å². The molecule has 2 N–H and O–H groups in total. The lowest BCUT2D eigenvalue weighted by molar-refractivity contribution is -0.114. The molecule has 26 heavy (non-hydrogen) atoms. The van der Waals surface area contributed by atoms with Gasteiger partial charge < -0.3 is 10.6 Å². The molecule has 1 aromatic heterocycles. The largest absolute Gasteiger partial charge is 0.326 e. The highest BCUT2D eigenvalue weighted by atomic mass is 35.5. The predicted octanol–water partition coefficient (Wildman–Crippen LogP) is 5.33. The fourth-order valence-electron chi connectivity index (χ4n) is 2.21. The second-order valence-electron chi connectivity index (χ2n) is 5.38. The molecule has 0 aliphatic carbocycles. The first-order chi connectivity index (χ1) is 12.4. The molecule has 8 heteroatoms. The zero-order valence-electron chi connectivity index (χ0n) is 13.5. The van der Waals surface area contributed by atoms with E-state index in [2.05, 4.69) is 15.6 Å². The molecule has 0 atom stereocenters. The van der Waals surface area contributed by atoms with Crippen molar-refractivity contribution in [1.82, 2.24) is 4.98 Å². The number of halogens is 2. The van der Waals surface area contributed by atoms with Crippen molar-refractivity contribution in [1.29, 1.82) is 0 Å². The topological polar surface area (TPSA) is 71.1 Å². The van der Waals surface area contributed by atoms with E-state index in [0.717, 1.165) is 5.56 Å². The van der Waals surface area contributed by atoms with Crippen LogP contribution in [0.2, 0.25) is 10.0 Å². The highest BCUT2D eigenvalue weighted by molar-refractivity contribution is 7.13. The number of carbonyl (C=O) groups is 2. The van der Waals surface area contributed by atoms with Crippen molar-refractivity contribution < 1.29 is 9.59 Å². The van der Waals surface area contributed by atoms with Crippen LogP contribution in [0.4, 0.5) is 11.4 Å². The Morgan fingerprint density at radius 3 is 2.42 bits per heavy atom. The zero-order chi connectivity index (χ0) is 18.7. The standard InChI is InChI=1S/C18H13Cl2N3O2S/c1-10(24)21-12-3-2-4-13(8-12)22-17(25)16-9-26-18(23-16)11-5-6-14(19)15(20)7-11/h2-9H,1H3,(H,21,24)(H,22,25). The molecule has 0 aliphatic heterocycles. The third-order valence-corrected chi connectivity index (χ3v) is 4.97. The first-order valence-corrected chi connectivity index (χ1v) is 9.16. The van der Waals surface area contributed by atoms with Gasteiger partial charge in [-0.15, -0.1) is 11.3 Å². The van der Waals surface area contributed by atoms with Gasteiger partial charge in [0.05, 0.1) is 10.0 Å². The van der Waals surface area contributed by atoms with Gasteiger partial charge in [0.25, 0.3) is 5.91 Å². The maximum absolute atomic E-state index is 12.4. The summed E-state index contributed by atoms with van der Waals surface area (Å²) in [6.07, 6.45) is 0. The molecule has 0 spiro atoms. The Kier molecular flexibility index (Phi) is 5.56. The Balaban J connectivity index is 1.76. The van der Waals surface area contributed by atoms with Gasteiger partial charge in [0.1, 0.15) is 10.7 Å². The number of thiazole rings is 1. The second-order valence-corrected chi connectivity index (χ2v) is 7.06. The van der Waals surface area contributed by atoms with Crippen molar-refractivity contribution in [3.8, 4) is 10.6 Å². The van der Waals surface area contributed by atoms with Gasteiger partial charge in [0.2, 0.25) is 5.91 Å². The van der Waals surface area contributed by atoms with Gasteiger partial charge in [-0.3, -0.25) is 9.59 Å². The van der Waals surface area contributed by atoms with Gasteiger partial charge in [0, 0.05) is 29.2 Å². The van der Waals surface area contributed by atoms with Gasteiger partial charge in [-0.25, -0.2) is 4.98 Å². The van der Waals surface area contributed by atoms with Gasteiger partial charge in [-0.2, -0.15) is 0 Å². The van der Waals surface area contributed by atoms with Gasteiger partial charge in [-0.05, 0) is 30.3 Å². The van der Waals surface area contributed by atoms with E-state index in [0.29, 0.717) is 32.1 Å². The molecule has 0 aliphatic rings. The van der Waals surface area contributed by atoms with Crippen molar-refractivity contribution in [2.75, 3.05) is 10.6 Å². The Hall–Kier alpha value is -2.41. The molecule has 1 heterocycles. The molecule has 5 nitrogen and oxygen atoms in total. The van der Waals surface area contributed by atoms with Crippen LogP contribution in [0.3, 0.4) is 0 Å². The molecule has 0 saturated heterocycles. The number of aromatic nitrogens is 1. The van der Waals surface area contributed by atoms with E-state index < -0.39 is 0 Å². The van der Waals surface area contributed by atoms with Gasteiger partial charge in [-0.1, -0.05) is 35.3 Å². The second kappa shape index (κ2) is 7.86. The third-order valence-electron chi connectivity index (χ3n) is 3.34. The molecule has 0 radical (unpaired) electrons. The van der Waals surface area contributed by atoms with E-state index in [1.165, 1.54) is 18.3 Å². The molecule has 0 fully saturated rings. The molecule has 132 valence electrons. The summed E-state index contributed by atoms with van der Waals surface area (Å²) in [5, 5.41) is 8.66. The van der Waals surface area contributed by atoms with Gasteiger partial charge >= 0.3 is 0 Å². The lowest BCUT2D eigenvalue weighted by Gasteiger charge is -2.06. The number of hydrogen-bond donors (Lipinski definition) is 2. The summed E-state index contributed by atoms with van der Waals surface area (Å²) in [6, 6.07) is 12.1. The molecule has 2 amide bonds. The van der Waals surface area contributed by atoms with Crippen LogP contribution in [0.1, 0.15) is 17.4 Å². The van der Waals surface area contributed by atoms with E-state index in [4.69, 9.17) is 23.2 Å². The monoisotopic (exact) mass is 405 g/mol. The molecule has 3 rings (SSSR count). The van der Waals surface area contributed by atoms with Crippen LogP contribution in [0, 0.1) is 0 Å². The number of nitrogens with one attached hydrogen (secondary N) is 2. The summed E-state index contributed by atoms with van der Waals surface area (Å²) < 4.78 is 0. The molecular weight excluding hydrogens is 393 g/mol. The molecule has 0 unspecified atom stereocenters. The Morgan fingerprint density at radius 1 is 1.00 bits per heavy atom. The van der Waals surface area contributed by atoms with Crippen molar-refractivity contribution in [2.45, 2.75) is 6.92 Å². The number of nitrogens with zero attached hydrogens (tertiary/aromatic N) is 1. The predicted molar refractivity (Wildman–Crippen MR) is 106 cm³/mol. The van der Waals surface area contributed by atoms with Crippen LogP contribution in [0.25, 0.3) is 10.6 Å². The van der Waals surface area contributed by atoms with E-state index in [9.17, 15) is 9.59 Å². The molecule has 0 saturated carbocycles. The Bertz CT molecular complexity index is 988. The number of hydrogen-bond acceptors (Lipinski definition) is 4. The molecular formula is C18H13Cl2N3O2S. The number of amides is 2.